The molecule has 1 atom stereocenters. The van der Waals surface area contributed by atoms with Crippen molar-refractivity contribution < 1.29 is 9.90 Å². The number of aromatic nitrogens is 2. The van der Waals surface area contributed by atoms with Gasteiger partial charge in [-0.05, 0) is 30.9 Å². The quantitative estimate of drug-likeness (QED) is 0.765. The van der Waals surface area contributed by atoms with Crippen LogP contribution in [0.3, 0.4) is 0 Å². The molecule has 2 rings (SSSR count). The van der Waals surface area contributed by atoms with Crippen molar-refractivity contribution in [3.05, 3.63) is 53.3 Å². The molecule has 0 aliphatic carbocycles. The van der Waals surface area contributed by atoms with Crippen molar-refractivity contribution in [2.24, 2.45) is 5.92 Å². The molecule has 1 aromatic heterocycles. The van der Waals surface area contributed by atoms with Crippen LogP contribution < -0.4 is 5.32 Å². The number of carbonyl (C=O) groups excluding carboxylic acids is 1. The van der Waals surface area contributed by atoms with Gasteiger partial charge in [-0.3, -0.25) is 9.89 Å². The second kappa shape index (κ2) is 6.75. The molecule has 118 valence electrons. The van der Waals surface area contributed by atoms with Gasteiger partial charge in [0.1, 0.15) is 11.3 Å². The lowest BCUT2D eigenvalue weighted by Gasteiger charge is -2.23. The van der Waals surface area contributed by atoms with E-state index in [0.29, 0.717) is 11.6 Å². The number of rotatable bonds is 6. The van der Waals surface area contributed by atoms with E-state index < -0.39 is 5.60 Å². The number of nitrogens with one attached hydrogen (secondary N) is 2. The molecule has 1 unspecified atom stereocenters. The van der Waals surface area contributed by atoms with Crippen molar-refractivity contribution >= 4 is 5.91 Å². The minimum Gasteiger partial charge on any atom is -0.384 e. The molecule has 5 heteroatoms. The first-order valence-corrected chi connectivity index (χ1v) is 7.49. The third-order valence-electron chi connectivity index (χ3n) is 3.48. The first-order valence-electron chi connectivity index (χ1n) is 7.49. The molecule has 0 fully saturated rings. The third-order valence-corrected chi connectivity index (χ3v) is 3.48. The molecule has 0 radical (unpaired) electrons. The SMILES string of the molecule is CC(C)Cc1cc(C(=O)NCC(C)(O)c2ccccc2)n[nH]1. The monoisotopic (exact) mass is 301 g/mol. The number of carbonyl (C=O) groups is 1. The van der Waals surface area contributed by atoms with Crippen LogP contribution >= 0.6 is 0 Å². The van der Waals surface area contributed by atoms with Crippen LogP contribution in [0.2, 0.25) is 0 Å². The van der Waals surface area contributed by atoms with Gasteiger partial charge in [-0.25, -0.2) is 0 Å². The van der Waals surface area contributed by atoms with E-state index in [4.69, 9.17) is 0 Å². The van der Waals surface area contributed by atoms with Crippen LogP contribution in [0.1, 0.15) is 42.5 Å². The lowest BCUT2D eigenvalue weighted by molar-refractivity contribution is 0.0525. The average Bonchev–Trinajstić information content (AvgIpc) is 2.93. The highest BCUT2D eigenvalue weighted by Crippen LogP contribution is 2.19. The lowest BCUT2D eigenvalue weighted by Crippen LogP contribution is -2.38. The number of nitrogens with zero attached hydrogens (tertiary/aromatic N) is 1. The predicted molar refractivity (Wildman–Crippen MR) is 85.5 cm³/mol. The van der Waals surface area contributed by atoms with E-state index in [1.54, 1.807) is 13.0 Å². The van der Waals surface area contributed by atoms with E-state index in [2.05, 4.69) is 29.4 Å². The molecule has 3 N–H and O–H groups in total. The normalized spacial score (nSPS) is 13.9. The molecule has 0 spiro atoms. The summed E-state index contributed by atoms with van der Waals surface area (Å²) in [5.41, 5.74) is 0.931. The van der Waals surface area contributed by atoms with Crippen molar-refractivity contribution in [2.75, 3.05) is 6.54 Å². The van der Waals surface area contributed by atoms with Crippen molar-refractivity contribution in [1.29, 1.82) is 0 Å². The lowest BCUT2D eigenvalue weighted by atomic mass is 9.96. The standard InChI is InChI=1S/C17H23N3O2/c1-12(2)9-14-10-15(20-19-14)16(21)18-11-17(3,22)13-7-5-4-6-8-13/h4-8,10,12,22H,9,11H2,1-3H3,(H,18,21)(H,19,20). The Bertz CT molecular complexity index is 618. The maximum Gasteiger partial charge on any atom is 0.271 e. The van der Waals surface area contributed by atoms with Gasteiger partial charge in [0.15, 0.2) is 0 Å². The number of aliphatic hydroxyl groups is 1. The molecule has 1 aromatic carbocycles. The Hall–Kier alpha value is -2.14. The summed E-state index contributed by atoms with van der Waals surface area (Å²) in [7, 11) is 0. The molecule has 1 amide bonds. The first kappa shape index (κ1) is 16.2. The average molecular weight is 301 g/mol. The van der Waals surface area contributed by atoms with Gasteiger partial charge in [0, 0.05) is 5.69 Å². The fraction of sp³-hybridized carbons (Fsp3) is 0.412. The third kappa shape index (κ3) is 4.18. The number of amides is 1. The second-order valence-corrected chi connectivity index (χ2v) is 6.20. The molecular weight excluding hydrogens is 278 g/mol. The summed E-state index contributed by atoms with van der Waals surface area (Å²) in [5.74, 6) is 0.206. The Morgan fingerprint density at radius 2 is 2.05 bits per heavy atom. The minimum atomic E-state index is -1.12. The summed E-state index contributed by atoms with van der Waals surface area (Å²) >= 11 is 0. The summed E-state index contributed by atoms with van der Waals surface area (Å²) in [6.07, 6.45) is 0.849. The van der Waals surface area contributed by atoms with Gasteiger partial charge in [0.2, 0.25) is 0 Å². The van der Waals surface area contributed by atoms with Crippen molar-refractivity contribution in [3.8, 4) is 0 Å². The summed E-state index contributed by atoms with van der Waals surface area (Å²) in [6.45, 7) is 6.02. The molecule has 0 bridgehead atoms. The zero-order chi connectivity index (χ0) is 16.2. The maximum absolute atomic E-state index is 12.1. The van der Waals surface area contributed by atoms with E-state index >= 15 is 0 Å². The maximum atomic E-state index is 12.1. The number of H-pyrrole nitrogens is 1. The van der Waals surface area contributed by atoms with E-state index in [-0.39, 0.29) is 12.5 Å². The first-order chi connectivity index (χ1) is 10.4. The summed E-state index contributed by atoms with van der Waals surface area (Å²) in [5, 5.41) is 20.1. The van der Waals surface area contributed by atoms with Crippen molar-refractivity contribution in [1.82, 2.24) is 15.5 Å². The Kier molecular flexibility index (Phi) is 4.98. The smallest absolute Gasteiger partial charge is 0.271 e. The molecule has 0 aliphatic rings. The van der Waals surface area contributed by atoms with Gasteiger partial charge >= 0.3 is 0 Å². The topological polar surface area (TPSA) is 78.0 Å². The Morgan fingerprint density at radius 3 is 2.68 bits per heavy atom. The van der Waals surface area contributed by atoms with Crippen LogP contribution in [-0.4, -0.2) is 27.8 Å². The van der Waals surface area contributed by atoms with Gasteiger partial charge in [0.05, 0.1) is 6.54 Å². The van der Waals surface area contributed by atoms with Gasteiger partial charge in [-0.1, -0.05) is 44.2 Å². The number of hydrogen-bond acceptors (Lipinski definition) is 3. The molecule has 0 saturated heterocycles. The summed E-state index contributed by atoms with van der Waals surface area (Å²) < 4.78 is 0. The second-order valence-electron chi connectivity index (χ2n) is 6.20. The van der Waals surface area contributed by atoms with Crippen molar-refractivity contribution in [3.63, 3.8) is 0 Å². The van der Waals surface area contributed by atoms with Gasteiger partial charge < -0.3 is 10.4 Å². The zero-order valence-corrected chi connectivity index (χ0v) is 13.3. The fourth-order valence-electron chi connectivity index (χ4n) is 2.26. The van der Waals surface area contributed by atoms with Crippen LogP contribution in [0, 0.1) is 5.92 Å². The highest BCUT2D eigenvalue weighted by molar-refractivity contribution is 5.92. The summed E-state index contributed by atoms with van der Waals surface area (Å²) in [4.78, 5) is 12.1. The van der Waals surface area contributed by atoms with Crippen LogP contribution in [0.5, 0.6) is 0 Å². The van der Waals surface area contributed by atoms with Crippen LogP contribution in [0.15, 0.2) is 36.4 Å². The molecule has 22 heavy (non-hydrogen) atoms. The van der Waals surface area contributed by atoms with Gasteiger partial charge in [-0.15, -0.1) is 0 Å². The highest BCUT2D eigenvalue weighted by Gasteiger charge is 2.24. The van der Waals surface area contributed by atoms with E-state index in [1.807, 2.05) is 30.3 Å². The molecule has 0 aliphatic heterocycles. The predicted octanol–water partition coefficient (Wildman–Crippen LogP) is 2.25. The van der Waals surface area contributed by atoms with Crippen LogP contribution in [-0.2, 0) is 12.0 Å². The van der Waals surface area contributed by atoms with E-state index in [1.165, 1.54) is 0 Å². The number of hydrogen-bond donors (Lipinski definition) is 3. The largest absolute Gasteiger partial charge is 0.384 e. The Morgan fingerprint density at radius 1 is 1.36 bits per heavy atom. The van der Waals surface area contributed by atoms with Gasteiger partial charge in [0.25, 0.3) is 5.91 Å². The molecular formula is C17H23N3O2. The Labute approximate surface area is 130 Å². The summed E-state index contributed by atoms with van der Waals surface area (Å²) in [6, 6.07) is 11.0. The highest BCUT2D eigenvalue weighted by atomic mass is 16.3. The molecule has 2 aromatic rings. The van der Waals surface area contributed by atoms with Gasteiger partial charge in [-0.2, -0.15) is 5.10 Å². The van der Waals surface area contributed by atoms with Crippen molar-refractivity contribution in [2.45, 2.75) is 32.8 Å². The fourth-order valence-corrected chi connectivity index (χ4v) is 2.26. The molecule has 5 nitrogen and oxygen atoms in total. The van der Waals surface area contributed by atoms with E-state index in [0.717, 1.165) is 17.7 Å². The Balaban J connectivity index is 1.96. The van der Waals surface area contributed by atoms with Crippen LogP contribution in [0.25, 0.3) is 0 Å². The van der Waals surface area contributed by atoms with E-state index in [9.17, 15) is 9.90 Å². The molecule has 0 saturated carbocycles. The van der Waals surface area contributed by atoms with Crippen LogP contribution in [0.4, 0.5) is 0 Å². The number of benzene rings is 1. The zero-order valence-electron chi connectivity index (χ0n) is 13.3. The number of aromatic amines is 1. The molecule has 1 heterocycles. The minimum absolute atomic E-state index is 0.127.